The van der Waals surface area contributed by atoms with Crippen LogP contribution in [-0.4, -0.2) is 30.8 Å². The van der Waals surface area contributed by atoms with Gasteiger partial charge in [0.1, 0.15) is 0 Å². The number of imide groups is 1. The highest BCUT2D eigenvalue weighted by Crippen LogP contribution is 2.47. The summed E-state index contributed by atoms with van der Waals surface area (Å²) in [4.78, 5) is 26.5. The first-order chi connectivity index (χ1) is 10.2. The van der Waals surface area contributed by atoms with Crippen molar-refractivity contribution in [1.82, 2.24) is 0 Å². The van der Waals surface area contributed by atoms with Crippen LogP contribution in [0, 0.1) is 11.8 Å². The van der Waals surface area contributed by atoms with Crippen molar-refractivity contribution in [2.45, 2.75) is 12.2 Å². The maximum Gasteiger partial charge on any atom is 0.240 e. The van der Waals surface area contributed by atoms with Crippen molar-refractivity contribution in [2.24, 2.45) is 11.8 Å². The zero-order chi connectivity index (χ0) is 14.1. The summed E-state index contributed by atoms with van der Waals surface area (Å²) in [5, 5.41) is 0. The number of carbonyl (C=O) groups is 2. The second kappa shape index (κ2) is 3.65. The van der Waals surface area contributed by atoms with E-state index >= 15 is 0 Å². The molecule has 21 heavy (non-hydrogen) atoms. The summed E-state index contributed by atoms with van der Waals surface area (Å²) < 4.78 is 16.2. The summed E-state index contributed by atoms with van der Waals surface area (Å²) in [6.45, 7) is 0.161. The minimum absolute atomic E-state index is 0.161. The van der Waals surface area contributed by atoms with Gasteiger partial charge in [0.2, 0.25) is 18.6 Å². The molecule has 6 heteroatoms. The summed E-state index contributed by atoms with van der Waals surface area (Å²) in [6.07, 6.45) is 3.21. The standard InChI is InChI=1S/C15H11NO5/c17-14-12-9-3-4-10(21-9)13(12)15(18)16(14)7-1-2-8-11(5-7)20-6-19-8/h1-5,9-10,12-13H,6H2/t9-,10-,12-,13-/m0/s1. The molecule has 0 spiro atoms. The molecule has 2 saturated heterocycles. The number of carbonyl (C=O) groups excluding carboxylic acids is 2. The highest BCUT2D eigenvalue weighted by Gasteiger charge is 2.61. The fourth-order valence-corrected chi connectivity index (χ4v) is 3.58. The van der Waals surface area contributed by atoms with Crippen LogP contribution < -0.4 is 14.4 Å². The molecule has 0 aromatic heterocycles. The van der Waals surface area contributed by atoms with E-state index < -0.39 is 11.8 Å². The van der Waals surface area contributed by atoms with Crippen LogP contribution in [0.5, 0.6) is 11.5 Å². The molecule has 4 aliphatic heterocycles. The Labute approximate surface area is 119 Å². The first kappa shape index (κ1) is 11.3. The third kappa shape index (κ3) is 1.30. The fourth-order valence-electron chi connectivity index (χ4n) is 3.58. The normalized spacial score (nSPS) is 35.0. The van der Waals surface area contributed by atoms with Gasteiger partial charge in [0, 0.05) is 6.07 Å². The SMILES string of the molecule is O=C1[C@@H]2[C@@H](C(=O)N1c1ccc3c(c1)OCO3)[C@@H]1C=C[C@@H]2O1. The van der Waals surface area contributed by atoms with Gasteiger partial charge in [-0.2, -0.15) is 0 Å². The van der Waals surface area contributed by atoms with E-state index in [2.05, 4.69) is 0 Å². The van der Waals surface area contributed by atoms with E-state index in [0.29, 0.717) is 17.2 Å². The Morgan fingerprint density at radius 2 is 1.62 bits per heavy atom. The molecule has 1 aromatic rings. The summed E-state index contributed by atoms with van der Waals surface area (Å²) in [5.74, 6) is 0.0166. The average Bonchev–Trinajstić information content (AvgIpc) is 3.22. The first-order valence-electron chi connectivity index (χ1n) is 6.85. The van der Waals surface area contributed by atoms with Gasteiger partial charge in [-0.15, -0.1) is 0 Å². The lowest BCUT2D eigenvalue weighted by atomic mass is 9.85. The second-order valence-corrected chi connectivity index (χ2v) is 5.55. The third-order valence-corrected chi connectivity index (χ3v) is 4.52. The Hall–Kier alpha value is -2.34. The number of fused-ring (bicyclic) bond motifs is 6. The van der Waals surface area contributed by atoms with E-state index in [9.17, 15) is 9.59 Å². The summed E-state index contributed by atoms with van der Waals surface area (Å²) in [6, 6.07) is 5.10. The molecule has 2 fully saturated rings. The van der Waals surface area contributed by atoms with Gasteiger partial charge < -0.3 is 14.2 Å². The number of benzene rings is 1. The number of amides is 2. The van der Waals surface area contributed by atoms with Crippen molar-refractivity contribution in [3.63, 3.8) is 0 Å². The van der Waals surface area contributed by atoms with Crippen LogP contribution >= 0.6 is 0 Å². The van der Waals surface area contributed by atoms with Crippen LogP contribution in [0.4, 0.5) is 5.69 Å². The molecule has 0 saturated carbocycles. The maximum absolute atomic E-state index is 12.6. The van der Waals surface area contributed by atoms with E-state index in [-0.39, 0.29) is 30.8 Å². The minimum atomic E-state index is -0.391. The smallest absolute Gasteiger partial charge is 0.240 e. The van der Waals surface area contributed by atoms with Gasteiger partial charge in [0.05, 0.1) is 29.7 Å². The molecule has 0 unspecified atom stereocenters. The number of hydrogen-bond donors (Lipinski definition) is 0. The molecule has 4 atom stereocenters. The van der Waals surface area contributed by atoms with Gasteiger partial charge in [-0.1, -0.05) is 12.2 Å². The van der Waals surface area contributed by atoms with Crippen molar-refractivity contribution >= 4 is 17.5 Å². The molecule has 4 heterocycles. The Balaban J connectivity index is 1.56. The zero-order valence-electron chi connectivity index (χ0n) is 10.9. The molecular formula is C15H11NO5. The van der Waals surface area contributed by atoms with E-state index in [1.54, 1.807) is 18.2 Å². The predicted molar refractivity (Wildman–Crippen MR) is 69.8 cm³/mol. The second-order valence-electron chi connectivity index (χ2n) is 5.55. The number of hydrogen-bond acceptors (Lipinski definition) is 5. The van der Waals surface area contributed by atoms with Gasteiger partial charge in [-0.05, 0) is 12.1 Å². The summed E-state index contributed by atoms with van der Waals surface area (Å²) >= 11 is 0. The molecule has 2 bridgehead atoms. The predicted octanol–water partition coefficient (Wildman–Crippen LogP) is 0.858. The molecule has 5 rings (SSSR count). The molecule has 6 nitrogen and oxygen atoms in total. The molecule has 4 aliphatic rings. The monoisotopic (exact) mass is 285 g/mol. The van der Waals surface area contributed by atoms with Crippen LogP contribution in [0.3, 0.4) is 0 Å². The van der Waals surface area contributed by atoms with Crippen molar-refractivity contribution in [1.29, 1.82) is 0 Å². The molecule has 0 radical (unpaired) electrons. The largest absolute Gasteiger partial charge is 0.454 e. The number of anilines is 1. The Bertz CT molecular complexity index is 682. The quantitative estimate of drug-likeness (QED) is 0.565. The maximum atomic E-state index is 12.6. The lowest BCUT2D eigenvalue weighted by Gasteiger charge is -2.17. The van der Waals surface area contributed by atoms with Crippen LogP contribution in [0.25, 0.3) is 0 Å². The number of rotatable bonds is 1. The van der Waals surface area contributed by atoms with Crippen molar-refractivity contribution in [2.75, 3.05) is 11.7 Å². The topological polar surface area (TPSA) is 65.1 Å². The first-order valence-corrected chi connectivity index (χ1v) is 6.85. The Kier molecular flexibility index (Phi) is 1.97. The van der Waals surface area contributed by atoms with Crippen LogP contribution in [0.2, 0.25) is 0 Å². The summed E-state index contributed by atoms with van der Waals surface area (Å²) in [5.41, 5.74) is 0.531. The number of ether oxygens (including phenoxy) is 3. The van der Waals surface area contributed by atoms with E-state index in [4.69, 9.17) is 14.2 Å². The van der Waals surface area contributed by atoms with Crippen LogP contribution in [0.1, 0.15) is 0 Å². The lowest BCUT2D eigenvalue weighted by Crippen LogP contribution is -2.34. The minimum Gasteiger partial charge on any atom is -0.454 e. The molecule has 2 amide bonds. The highest BCUT2D eigenvalue weighted by atomic mass is 16.7. The molecular weight excluding hydrogens is 274 g/mol. The molecule has 0 aliphatic carbocycles. The third-order valence-electron chi connectivity index (χ3n) is 4.52. The van der Waals surface area contributed by atoms with Gasteiger partial charge in [0.25, 0.3) is 0 Å². The summed E-state index contributed by atoms with van der Waals surface area (Å²) in [7, 11) is 0. The lowest BCUT2D eigenvalue weighted by molar-refractivity contribution is -0.124. The number of nitrogens with zero attached hydrogens (tertiary/aromatic N) is 1. The Morgan fingerprint density at radius 1 is 0.952 bits per heavy atom. The van der Waals surface area contributed by atoms with Gasteiger partial charge in [-0.25, -0.2) is 4.90 Å². The highest BCUT2D eigenvalue weighted by molar-refractivity contribution is 6.23. The van der Waals surface area contributed by atoms with Gasteiger partial charge in [0.15, 0.2) is 11.5 Å². The molecule has 106 valence electrons. The van der Waals surface area contributed by atoms with Crippen molar-refractivity contribution in [3.05, 3.63) is 30.4 Å². The van der Waals surface area contributed by atoms with Crippen molar-refractivity contribution in [3.8, 4) is 11.5 Å². The average molecular weight is 285 g/mol. The Morgan fingerprint density at radius 3 is 2.33 bits per heavy atom. The molecule has 1 aromatic carbocycles. The fraction of sp³-hybridized carbons (Fsp3) is 0.333. The van der Waals surface area contributed by atoms with Crippen LogP contribution in [0.15, 0.2) is 30.4 Å². The zero-order valence-corrected chi connectivity index (χ0v) is 10.9. The van der Waals surface area contributed by atoms with Gasteiger partial charge >= 0.3 is 0 Å². The van der Waals surface area contributed by atoms with Gasteiger partial charge in [-0.3, -0.25) is 9.59 Å². The van der Waals surface area contributed by atoms with Crippen LogP contribution in [-0.2, 0) is 14.3 Å². The van der Waals surface area contributed by atoms with Crippen molar-refractivity contribution < 1.29 is 23.8 Å². The molecule has 0 N–H and O–H groups in total. The van der Waals surface area contributed by atoms with E-state index in [1.165, 1.54) is 4.90 Å². The van der Waals surface area contributed by atoms with E-state index in [0.717, 1.165) is 0 Å². The van der Waals surface area contributed by atoms with E-state index in [1.807, 2.05) is 12.2 Å².